The number of likely N-dealkylation sites (tertiary alicyclic amines) is 2. The Kier molecular flexibility index (Phi) is 25.8. The molecule has 8 rings (SSSR count). The zero-order chi connectivity index (χ0) is 60.1. The van der Waals surface area contributed by atoms with E-state index in [0.717, 1.165) is 94.0 Å². The Bertz CT molecular complexity index is 2770. The number of H-pyrrole nitrogens is 1. The Morgan fingerprint density at radius 2 is 1.10 bits per heavy atom. The van der Waals surface area contributed by atoms with Crippen molar-refractivity contribution in [3.63, 3.8) is 0 Å². The lowest BCUT2D eigenvalue weighted by atomic mass is 9.63. The number of halogens is 4. The Morgan fingerprint density at radius 3 is 1.51 bits per heavy atom. The molecule has 2 saturated heterocycles. The molecule has 4 fully saturated rings. The lowest BCUT2D eigenvalue weighted by molar-refractivity contribution is -0.166. The molecule has 2 aliphatic heterocycles. The van der Waals surface area contributed by atoms with E-state index in [1.54, 1.807) is 65.0 Å². The largest absolute Gasteiger partial charge is 0.466 e. The summed E-state index contributed by atoms with van der Waals surface area (Å²) < 4.78 is 13.0. The van der Waals surface area contributed by atoms with Gasteiger partial charge in [0.1, 0.15) is 12.1 Å². The standard InChI is InChI=1S/C32H45Cl2N5O4.C30H41Cl2N5O4/c1-2-43-30(41)32(24-9-5-3-6-10-24)14-17-39(18-15-32)29(40)28(19-23-12-13-25(33)20-27(23)34)38-31(42)36-16-8-4-7-11-26-21-35-22-37-26;1-3-41-28(39)30(22-7-5-4-6-8-22)12-15-37(16-13-30)27(38)26(17-21-9-10-23(31)18-25(21)32)35-29(40)34-14-11-24-19-33-20-36(24)2/h12-13,20-22,24,28H,2-11,14-19H2,1H3,(H,35,37)(H2,36,38,42);9-10,18-20,22,26H,3-8,11-17H2,1-2H3,(H2,34,35,40)/t28-;26-/m11/s1. The molecule has 0 spiro atoms. The van der Waals surface area contributed by atoms with Crippen molar-refractivity contribution in [3.8, 4) is 0 Å². The van der Waals surface area contributed by atoms with Crippen molar-refractivity contribution in [2.75, 3.05) is 52.5 Å². The lowest BCUT2D eigenvalue weighted by Gasteiger charge is -2.46. The van der Waals surface area contributed by atoms with Gasteiger partial charge >= 0.3 is 24.0 Å². The van der Waals surface area contributed by atoms with Crippen molar-refractivity contribution in [1.29, 1.82) is 0 Å². The first-order valence-corrected chi connectivity index (χ1v) is 31.9. The summed E-state index contributed by atoms with van der Waals surface area (Å²) in [6.45, 7) is 7.03. The number of hydrogen-bond donors (Lipinski definition) is 5. The topological polar surface area (TPSA) is 222 Å². The van der Waals surface area contributed by atoms with Crippen molar-refractivity contribution in [2.24, 2.45) is 29.7 Å². The zero-order valence-electron chi connectivity index (χ0n) is 49.1. The van der Waals surface area contributed by atoms with Gasteiger partial charge in [0.25, 0.3) is 0 Å². The minimum atomic E-state index is -0.838. The van der Waals surface area contributed by atoms with Crippen molar-refractivity contribution >= 4 is 82.2 Å². The number of rotatable bonds is 23. The Hall–Kier alpha value is -5.56. The molecular weight excluding hydrogens is 1150 g/mol. The third kappa shape index (κ3) is 18.2. The summed E-state index contributed by atoms with van der Waals surface area (Å²) in [5.74, 6) is -0.0696. The number of hydrogen-bond acceptors (Lipinski definition) is 10. The second-order valence-electron chi connectivity index (χ2n) is 23.0. The van der Waals surface area contributed by atoms with Crippen LogP contribution in [-0.4, -0.2) is 130 Å². The summed E-state index contributed by atoms with van der Waals surface area (Å²) >= 11 is 25.1. The van der Waals surface area contributed by atoms with Crippen LogP contribution in [0.1, 0.15) is 146 Å². The molecule has 84 heavy (non-hydrogen) atoms. The summed E-state index contributed by atoms with van der Waals surface area (Å²) in [5, 5.41) is 13.4. The number of aryl methyl sites for hydroxylation is 2. The Balaban J connectivity index is 0.000000241. The summed E-state index contributed by atoms with van der Waals surface area (Å²) in [4.78, 5) is 95.0. The molecule has 4 aliphatic rings. The number of amides is 6. The van der Waals surface area contributed by atoms with Crippen LogP contribution in [0.15, 0.2) is 61.4 Å². The normalized spacial score (nSPS) is 17.8. The number of ether oxygens (including phenoxy) is 2. The van der Waals surface area contributed by atoms with Gasteiger partial charge in [0, 0.05) is 109 Å². The highest BCUT2D eigenvalue weighted by Crippen LogP contribution is 2.48. The number of aromatic amines is 1. The average Bonchev–Trinajstić information content (AvgIpc) is 4.37. The maximum atomic E-state index is 13.9. The third-order valence-corrected chi connectivity index (χ3v) is 18.9. The fourth-order valence-corrected chi connectivity index (χ4v) is 13.9. The summed E-state index contributed by atoms with van der Waals surface area (Å²) in [7, 11) is 1.90. The number of urea groups is 2. The van der Waals surface area contributed by atoms with E-state index >= 15 is 0 Å². The molecule has 2 aromatic carbocycles. The van der Waals surface area contributed by atoms with Crippen LogP contribution in [0.25, 0.3) is 0 Å². The average molecular weight is 1240 g/mol. The fraction of sp³-hybridized carbons (Fsp3) is 0.613. The summed E-state index contributed by atoms with van der Waals surface area (Å²) in [5.41, 5.74) is 2.42. The van der Waals surface area contributed by atoms with Gasteiger partial charge in [-0.05, 0) is 132 Å². The number of piperidine rings is 2. The maximum absolute atomic E-state index is 13.9. The van der Waals surface area contributed by atoms with Crippen molar-refractivity contribution < 1.29 is 38.2 Å². The van der Waals surface area contributed by atoms with Crippen LogP contribution in [-0.2, 0) is 61.4 Å². The fourth-order valence-electron chi connectivity index (χ4n) is 12.9. The van der Waals surface area contributed by atoms with Crippen molar-refractivity contribution in [1.82, 2.24) is 50.6 Å². The van der Waals surface area contributed by atoms with Gasteiger partial charge in [-0.25, -0.2) is 19.6 Å². The van der Waals surface area contributed by atoms with Crippen LogP contribution < -0.4 is 21.3 Å². The van der Waals surface area contributed by atoms with E-state index in [4.69, 9.17) is 55.9 Å². The molecule has 0 unspecified atom stereocenters. The zero-order valence-corrected chi connectivity index (χ0v) is 52.1. The van der Waals surface area contributed by atoms with E-state index in [9.17, 15) is 28.8 Å². The molecule has 2 atom stereocenters. The quantitative estimate of drug-likeness (QED) is 0.0349. The van der Waals surface area contributed by atoms with Crippen LogP contribution in [0, 0.1) is 22.7 Å². The van der Waals surface area contributed by atoms with Crippen molar-refractivity contribution in [2.45, 2.75) is 161 Å². The van der Waals surface area contributed by atoms with Gasteiger partial charge in [-0.3, -0.25) is 19.2 Å². The summed E-state index contributed by atoms with van der Waals surface area (Å²) in [6, 6.07) is 7.80. The molecule has 0 bridgehead atoms. The van der Waals surface area contributed by atoms with Gasteiger partial charge in [-0.1, -0.05) is 103 Å². The van der Waals surface area contributed by atoms with E-state index in [2.05, 4.69) is 36.2 Å². The number of carbonyl (C=O) groups excluding carboxylic acids is 6. The first kappa shape index (κ1) is 66.0. The van der Waals surface area contributed by atoms with Gasteiger partial charge in [0.15, 0.2) is 0 Å². The molecule has 2 aromatic heterocycles. The van der Waals surface area contributed by atoms with Crippen LogP contribution >= 0.6 is 46.4 Å². The molecule has 460 valence electrons. The van der Waals surface area contributed by atoms with Crippen LogP contribution in [0.2, 0.25) is 20.1 Å². The molecule has 5 N–H and O–H groups in total. The third-order valence-electron chi connectivity index (χ3n) is 17.7. The molecule has 0 radical (unpaired) electrons. The lowest BCUT2D eigenvalue weighted by Crippen LogP contribution is -2.56. The maximum Gasteiger partial charge on any atom is 0.315 e. The minimum Gasteiger partial charge on any atom is -0.466 e. The van der Waals surface area contributed by atoms with E-state index in [1.165, 1.54) is 12.8 Å². The Labute approximate surface area is 515 Å². The molecule has 18 nitrogen and oxygen atoms in total. The highest BCUT2D eigenvalue weighted by atomic mass is 35.5. The smallest absolute Gasteiger partial charge is 0.315 e. The predicted molar refractivity (Wildman–Crippen MR) is 327 cm³/mol. The van der Waals surface area contributed by atoms with E-state index in [-0.39, 0.29) is 48.4 Å². The van der Waals surface area contributed by atoms with Crippen molar-refractivity contribution in [3.05, 3.63) is 104 Å². The van der Waals surface area contributed by atoms with Gasteiger partial charge in [-0.2, -0.15) is 0 Å². The first-order valence-electron chi connectivity index (χ1n) is 30.4. The second kappa shape index (κ2) is 32.8. The van der Waals surface area contributed by atoms with Gasteiger partial charge in [0.2, 0.25) is 11.8 Å². The molecule has 22 heteroatoms. The van der Waals surface area contributed by atoms with E-state index in [0.29, 0.717) is 110 Å². The molecule has 4 heterocycles. The predicted octanol–water partition coefficient (Wildman–Crippen LogP) is 11.0. The monoisotopic (exact) mass is 1240 g/mol. The number of imidazole rings is 2. The molecule has 2 aliphatic carbocycles. The number of nitrogens with one attached hydrogen (secondary N) is 5. The number of carbonyl (C=O) groups is 6. The number of benzene rings is 2. The molecular formula is C62H86Cl4N10O8. The highest BCUT2D eigenvalue weighted by Gasteiger charge is 2.51. The highest BCUT2D eigenvalue weighted by molar-refractivity contribution is 6.35. The Morgan fingerprint density at radius 1 is 0.619 bits per heavy atom. The number of unbranched alkanes of at least 4 members (excludes halogenated alkanes) is 2. The van der Waals surface area contributed by atoms with E-state index in [1.807, 2.05) is 31.7 Å². The number of esters is 2. The molecule has 4 aromatic rings. The van der Waals surface area contributed by atoms with Gasteiger partial charge in [0.05, 0.1) is 36.7 Å². The van der Waals surface area contributed by atoms with Gasteiger partial charge in [-0.15, -0.1) is 0 Å². The summed E-state index contributed by atoms with van der Waals surface area (Å²) in [6.07, 6.45) is 25.0. The number of nitrogens with zero attached hydrogens (tertiary/aromatic N) is 5. The van der Waals surface area contributed by atoms with E-state index < -0.39 is 35.0 Å². The first-order chi connectivity index (χ1) is 40.5. The second-order valence-corrected chi connectivity index (χ2v) is 24.7. The van der Waals surface area contributed by atoms with Crippen LogP contribution in [0.4, 0.5) is 9.59 Å². The van der Waals surface area contributed by atoms with Gasteiger partial charge < -0.3 is 50.1 Å². The van der Waals surface area contributed by atoms with Crippen LogP contribution in [0.5, 0.6) is 0 Å². The molecule has 2 saturated carbocycles. The molecule has 6 amide bonds. The minimum absolute atomic E-state index is 0.124. The SMILES string of the molecule is CCOC(=O)C1(C2CCCCC2)CCN(C(=O)[C@@H](Cc2ccc(Cl)cc2Cl)NC(=O)NCCCCCc2cnc[nH]2)CC1.CCOC(=O)C1(C2CCCCC2)CCN(C(=O)[C@@H](Cc2ccc(Cl)cc2Cl)NC(=O)NCCc2cncn2C)CC1. The van der Waals surface area contributed by atoms with Crippen LogP contribution in [0.3, 0.4) is 0 Å². The number of aromatic nitrogens is 4.